The van der Waals surface area contributed by atoms with Gasteiger partial charge in [0.1, 0.15) is 11.0 Å². The zero-order valence-corrected chi connectivity index (χ0v) is 17.7. The Bertz CT molecular complexity index is 775. The fourth-order valence-electron chi connectivity index (χ4n) is 2.54. The van der Waals surface area contributed by atoms with Gasteiger partial charge in [0.25, 0.3) is 0 Å². The quantitative estimate of drug-likeness (QED) is 0.552. The predicted molar refractivity (Wildman–Crippen MR) is 113 cm³/mol. The van der Waals surface area contributed by atoms with Crippen LogP contribution in [0.4, 0.5) is 9.93 Å². The number of carbonyl (C=O) groups is 2. The van der Waals surface area contributed by atoms with E-state index in [1.807, 2.05) is 45.0 Å². The number of rotatable bonds is 9. The van der Waals surface area contributed by atoms with Gasteiger partial charge in [-0.05, 0) is 19.3 Å². The maximum atomic E-state index is 12.8. The van der Waals surface area contributed by atoms with Crippen LogP contribution in [0.15, 0.2) is 24.3 Å². The van der Waals surface area contributed by atoms with Crippen LogP contribution in [0, 0.1) is 12.8 Å². The fourth-order valence-corrected chi connectivity index (χ4v) is 3.29. The van der Waals surface area contributed by atoms with E-state index in [1.54, 1.807) is 0 Å². The van der Waals surface area contributed by atoms with E-state index >= 15 is 0 Å². The summed E-state index contributed by atoms with van der Waals surface area (Å²) in [6.45, 7) is 8.60. The monoisotopic (exact) mass is 403 g/mol. The van der Waals surface area contributed by atoms with Crippen molar-refractivity contribution < 1.29 is 9.59 Å². The maximum absolute atomic E-state index is 12.8. The number of nitrogens with one attached hydrogen (secondary N) is 3. The highest BCUT2D eigenvalue weighted by Crippen LogP contribution is 2.26. The maximum Gasteiger partial charge on any atom is 0.315 e. The van der Waals surface area contributed by atoms with Crippen molar-refractivity contribution in [2.45, 2.75) is 53.0 Å². The van der Waals surface area contributed by atoms with Gasteiger partial charge in [0.05, 0.1) is 0 Å². The first-order valence-electron chi connectivity index (χ1n) is 9.70. The van der Waals surface area contributed by atoms with Gasteiger partial charge in [-0.15, -0.1) is 10.2 Å². The number of aromatic nitrogens is 2. The number of amides is 3. The van der Waals surface area contributed by atoms with E-state index in [4.69, 9.17) is 0 Å². The van der Waals surface area contributed by atoms with Crippen molar-refractivity contribution in [3.8, 4) is 10.6 Å². The number of nitrogens with zero attached hydrogens (tertiary/aromatic N) is 2. The molecule has 3 amide bonds. The Labute approximate surface area is 170 Å². The number of benzene rings is 1. The molecule has 2 aromatic rings. The van der Waals surface area contributed by atoms with Gasteiger partial charge in [-0.2, -0.15) is 0 Å². The minimum absolute atomic E-state index is 0.0126. The molecule has 0 saturated carbocycles. The molecule has 28 heavy (non-hydrogen) atoms. The second-order valence-electron chi connectivity index (χ2n) is 6.88. The molecule has 0 radical (unpaired) electrons. The van der Waals surface area contributed by atoms with Gasteiger partial charge in [0.2, 0.25) is 11.0 Å². The standard InChI is InChI=1S/C20H29N5O2S/c1-5-7-12-21-19(27)22-16(14(4)6-2)17(26)23-20-25-24-18(28-20)15-10-8-13(3)9-11-15/h8-11,14,16H,5-7,12H2,1-4H3,(H2,21,22,27)(H,23,25,26). The van der Waals surface area contributed by atoms with Crippen LogP contribution in [0.1, 0.15) is 45.6 Å². The topological polar surface area (TPSA) is 96.0 Å². The first-order valence-corrected chi connectivity index (χ1v) is 10.5. The van der Waals surface area contributed by atoms with Crippen LogP contribution in [-0.2, 0) is 4.79 Å². The minimum atomic E-state index is -0.640. The Kier molecular flexibility index (Phi) is 8.38. The third-order valence-corrected chi connectivity index (χ3v) is 5.44. The van der Waals surface area contributed by atoms with Crippen LogP contribution in [-0.4, -0.2) is 34.7 Å². The van der Waals surface area contributed by atoms with Crippen LogP contribution in [0.25, 0.3) is 10.6 Å². The smallest absolute Gasteiger partial charge is 0.315 e. The van der Waals surface area contributed by atoms with Gasteiger partial charge in [0.15, 0.2) is 0 Å². The van der Waals surface area contributed by atoms with Crippen molar-refractivity contribution in [3.05, 3.63) is 29.8 Å². The summed E-state index contributed by atoms with van der Waals surface area (Å²) in [6.07, 6.45) is 2.66. The highest BCUT2D eigenvalue weighted by atomic mass is 32.1. The van der Waals surface area contributed by atoms with Gasteiger partial charge < -0.3 is 10.6 Å². The van der Waals surface area contributed by atoms with E-state index in [9.17, 15) is 9.59 Å². The molecule has 8 heteroatoms. The zero-order valence-electron chi connectivity index (χ0n) is 16.9. The Hall–Kier alpha value is -2.48. The molecule has 0 saturated heterocycles. The number of unbranched alkanes of at least 4 members (excludes halogenated alkanes) is 1. The largest absolute Gasteiger partial charge is 0.338 e. The summed E-state index contributed by atoms with van der Waals surface area (Å²) in [6, 6.07) is 7.01. The average Bonchev–Trinajstić information content (AvgIpc) is 3.14. The van der Waals surface area contributed by atoms with Crippen molar-refractivity contribution in [1.82, 2.24) is 20.8 Å². The zero-order chi connectivity index (χ0) is 20.5. The van der Waals surface area contributed by atoms with E-state index in [0.29, 0.717) is 11.7 Å². The summed E-state index contributed by atoms with van der Waals surface area (Å²) >= 11 is 1.31. The molecule has 0 bridgehead atoms. The molecule has 1 aromatic carbocycles. The Morgan fingerprint density at radius 2 is 1.86 bits per heavy atom. The highest BCUT2D eigenvalue weighted by Gasteiger charge is 2.26. The van der Waals surface area contributed by atoms with Gasteiger partial charge in [-0.1, -0.05) is 74.8 Å². The van der Waals surface area contributed by atoms with Crippen LogP contribution in [0.5, 0.6) is 0 Å². The number of urea groups is 1. The van der Waals surface area contributed by atoms with Crippen LogP contribution in [0.3, 0.4) is 0 Å². The van der Waals surface area contributed by atoms with Crippen molar-refractivity contribution in [1.29, 1.82) is 0 Å². The molecule has 1 heterocycles. The van der Waals surface area contributed by atoms with Crippen molar-refractivity contribution in [3.63, 3.8) is 0 Å². The molecule has 1 aromatic heterocycles. The van der Waals surface area contributed by atoms with Gasteiger partial charge in [-0.25, -0.2) is 4.79 Å². The number of carbonyl (C=O) groups excluding carboxylic acids is 2. The Balaban J connectivity index is 2.02. The second kappa shape index (κ2) is 10.8. The number of hydrogen-bond donors (Lipinski definition) is 3. The molecule has 2 unspecified atom stereocenters. The number of aryl methyl sites for hydroxylation is 1. The third kappa shape index (κ3) is 6.30. The lowest BCUT2D eigenvalue weighted by atomic mass is 9.98. The predicted octanol–water partition coefficient (Wildman–Crippen LogP) is 3.97. The minimum Gasteiger partial charge on any atom is -0.338 e. The summed E-state index contributed by atoms with van der Waals surface area (Å²) < 4.78 is 0. The molecule has 2 rings (SSSR count). The van der Waals surface area contributed by atoms with Crippen molar-refractivity contribution in [2.24, 2.45) is 5.92 Å². The van der Waals surface area contributed by atoms with E-state index in [1.165, 1.54) is 16.9 Å². The molecule has 152 valence electrons. The number of anilines is 1. The van der Waals surface area contributed by atoms with Gasteiger partial charge in [0, 0.05) is 12.1 Å². The molecule has 0 spiro atoms. The SMILES string of the molecule is CCCCNC(=O)NC(C(=O)Nc1nnc(-c2ccc(C)cc2)s1)C(C)CC. The average molecular weight is 404 g/mol. The normalized spacial score (nSPS) is 12.9. The summed E-state index contributed by atoms with van der Waals surface area (Å²) in [4.78, 5) is 24.8. The Morgan fingerprint density at radius 3 is 2.50 bits per heavy atom. The van der Waals surface area contributed by atoms with Gasteiger partial charge in [-0.3, -0.25) is 10.1 Å². The van der Waals surface area contributed by atoms with E-state index in [2.05, 4.69) is 33.1 Å². The van der Waals surface area contributed by atoms with Crippen LogP contribution in [0.2, 0.25) is 0 Å². The summed E-state index contributed by atoms with van der Waals surface area (Å²) in [5.74, 6) is -0.298. The molecule has 7 nitrogen and oxygen atoms in total. The molecule has 0 aliphatic heterocycles. The van der Waals surface area contributed by atoms with Crippen molar-refractivity contribution >= 4 is 28.4 Å². The summed E-state index contributed by atoms with van der Waals surface area (Å²) in [5, 5.41) is 17.8. The van der Waals surface area contributed by atoms with Crippen LogP contribution >= 0.6 is 11.3 Å². The molecule has 0 aliphatic rings. The van der Waals surface area contributed by atoms with E-state index in [-0.39, 0.29) is 17.9 Å². The summed E-state index contributed by atoms with van der Waals surface area (Å²) in [5.41, 5.74) is 2.12. The summed E-state index contributed by atoms with van der Waals surface area (Å²) in [7, 11) is 0. The molecular weight excluding hydrogens is 374 g/mol. The Morgan fingerprint density at radius 1 is 1.14 bits per heavy atom. The third-order valence-electron chi connectivity index (χ3n) is 4.55. The van der Waals surface area contributed by atoms with E-state index < -0.39 is 6.04 Å². The highest BCUT2D eigenvalue weighted by molar-refractivity contribution is 7.18. The molecular formula is C20H29N5O2S. The lowest BCUT2D eigenvalue weighted by molar-refractivity contribution is -0.119. The molecule has 0 fully saturated rings. The number of hydrogen-bond acceptors (Lipinski definition) is 5. The van der Waals surface area contributed by atoms with Crippen LogP contribution < -0.4 is 16.0 Å². The molecule has 0 aliphatic carbocycles. The first kappa shape index (κ1) is 21.8. The van der Waals surface area contributed by atoms with E-state index in [0.717, 1.165) is 29.8 Å². The lowest BCUT2D eigenvalue weighted by Crippen LogP contribution is -2.51. The van der Waals surface area contributed by atoms with Gasteiger partial charge >= 0.3 is 6.03 Å². The lowest BCUT2D eigenvalue weighted by Gasteiger charge is -2.23. The second-order valence-corrected chi connectivity index (χ2v) is 7.86. The fraction of sp³-hybridized carbons (Fsp3) is 0.500. The first-order chi connectivity index (χ1) is 13.4. The van der Waals surface area contributed by atoms with Crippen molar-refractivity contribution in [2.75, 3.05) is 11.9 Å². The molecule has 2 atom stereocenters. The molecule has 3 N–H and O–H groups in total.